The molecule has 0 saturated heterocycles. The van der Waals surface area contributed by atoms with E-state index in [0.717, 1.165) is 0 Å². The topological polar surface area (TPSA) is 106 Å². The average molecular weight is 367 g/mol. The van der Waals surface area contributed by atoms with Crippen LogP contribution in [0.2, 0.25) is 0 Å². The molecular weight excluding hydrogens is 350 g/mol. The van der Waals surface area contributed by atoms with Crippen molar-refractivity contribution in [1.82, 2.24) is 0 Å². The first-order valence-electron chi connectivity index (χ1n) is 7.93. The summed E-state index contributed by atoms with van der Waals surface area (Å²) >= 11 is 0. The first-order chi connectivity index (χ1) is 13.0. The Bertz CT molecular complexity index is 880. The molecule has 0 heterocycles. The number of nitriles is 1. The predicted molar refractivity (Wildman–Crippen MR) is 95.9 cm³/mol. The maximum Gasteiger partial charge on any atom is 0.349 e. The van der Waals surface area contributed by atoms with E-state index in [9.17, 15) is 14.7 Å². The highest BCUT2D eigenvalue weighted by atomic mass is 16.6. The normalized spacial score (nSPS) is 10.6. The number of ether oxygens (including phenoxy) is 3. The van der Waals surface area contributed by atoms with Gasteiger partial charge in [0.25, 0.3) is 0 Å². The van der Waals surface area contributed by atoms with Crippen molar-refractivity contribution in [2.24, 2.45) is 0 Å². The maximum atomic E-state index is 12.0. The van der Waals surface area contributed by atoms with Gasteiger partial charge in [0, 0.05) is 0 Å². The Morgan fingerprint density at radius 2 is 1.74 bits per heavy atom. The Labute approximate surface area is 156 Å². The van der Waals surface area contributed by atoms with E-state index in [0.29, 0.717) is 11.3 Å². The van der Waals surface area contributed by atoms with Crippen LogP contribution in [0.25, 0.3) is 6.08 Å². The molecule has 0 atom stereocenters. The lowest BCUT2D eigenvalue weighted by atomic mass is 10.1. The monoisotopic (exact) mass is 367 g/mol. The van der Waals surface area contributed by atoms with E-state index in [4.69, 9.17) is 19.5 Å². The summed E-state index contributed by atoms with van der Waals surface area (Å²) in [7, 11) is 1.54. The summed E-state index contributed by atoms with van der Waals surface area (Å²) in [6.45, 7) is -0.431. The van der Waals surface area contributed by atoms with E-state index in [-0.39, 0.29) is 30.1 Å². The number of carbonyl (C=O) groups is 2. The second-order valence-electron chi connectivity index (χ2n) is 5.23. The number of rotatable bonds is 7. The van der Waals surface area contributed by atoms with Gasteiger partial charge < -0.3 is 19.3 Å². The zero-order valence-electron chi connectivity index (χ0n) is 14.5. The molecule has 0 amide bonds. The lowest BCUT2D eigenvalue weighted by Gasteiger charge is -2.07. The van der Waals surface area contributed by atoms with Crippen LogP contribution in [-0.2, 0) is 14.3 Å². The van der Waals surface area contributed by atoms with Crippen LogP contribution in [0.15, 0.2) is 54.1 Å². The standard InChI is InChI=1S/C20H17NO6/c1-25-16-8-6-14(7-9-16)12-15(13-21)19(23)26-10-11-27-20(24)17-4-2-3-5-18(17)22/h2-9,12,22H,10-11H2,1H3/b15-12+. The van der Waals surface area contributed by atoms with Gasteiger partial charge in [-0.3, -0.25) is 0 Å². The third-order valence-electron chi connectivity index (χ3n) is 3.44. The summed E-state index contributed by atoms with van der Waals surface area (Å²) in [5.74, 6) is -1.11. The van der Waals surface area contributed by atoms with Crippen LogP contribution in [0.1, 0.15) is 15.9 Å². The SMILES string of the molecule is COc1ccc(/C=C(\C#N)C(=O)OCCOC(=O)c2ccccc2O)cc1. The van der Waals surface area contributed by atoms with E-state index in [1.54, 1.807) is 42.5 Å². The van der Waals surface area contributed by atoms with E-state index >= 15 is 0 Å². The molecule has 0 radical (unpaired) electrons. The zero-order chi connectivity index (χ0) is 19.6. The van der Waals surface area contributed by atoms with Crippen molar-refractivity contribution < 1.29 is 28.9 Å². The number of hydrogen-bond donors (Lipinski definition) is 1. The molecule has 0 saturated carbocycles. The van der Waals surface area contributed by atoms with Gasteiger partial charge in [-0.2, -0.15) is 5.26 Å². The molecule has 0 unspecified atom stereocenters. The molecule has 2 aromatic rings. The number of aromatic hydroxyl groups is 1. The molecular formula is C20H17NO6. The molecule has 138 valence electrons. The molecule has 0 aliphatic rings. The third-order valence-corrected chi connectivity index (χ3v) is 3.44. The van der Waals surface area contributed by atoms with Crippen molar-refractivity contribution in [2.45, 2.75) is 0 Å². The van der Waals surface area contributed by atoms with Crippen molar-refractivity contribution in [3.63, 3.8) is 0 Å². The van der Waals surface area contributed by atoms with Crippen molar-refractivity contribution in [1.29, 1.82) is 5.26 Å². The fourth-order valence-corrected chi connectivity index (χ4v) is 2.07. The molecule has 0 aliphatic carbocycles. The van der Waals surface area contributed by atoms with Gasteiger partial charge >= 0.3 is 11.9 Å². The van der Waals surface area contributed by atoms with Gasteiger partial charge in [-0.15, -0.1) is 0 Å². The molecule has 0 bridgehead atoms. The highest BCUT2D eigenvalue weighted by molar-refractivity contribution is 5.98. The molecule has 27 heavy (non-hydrogen) atoms. The lowest BCUT2D eigenvalue weighted by Crippen LogP contribution is -2.15. The second-order valence-corrected chi connectivity index (χ2v) is 5.23. The Hall–Kier alpha value is -3.79. The van der Waals surface area contributed by atoms with Gasteiger partial charge in [-0.05, 0) is 35.9 Å². The Balaban J connectivity index is 1.86. The van der Waals surface area contributed by atoms with Gasteiger partial charge in [-0.25, -0.2) is 9.59 Å². The highest BCUT2D eigenvalue weighted by Gasteiger charge is 2.13. The fraction of sp³-hybridized carbons (Fsp3) is 0.150. The third kappa shape index (κ3) is 5.61. The van der Waals surface area contributed by atoms with E-state index in [1.807, 2.05) is 0 Å². The minimum Gasteiger partial charge on any atom is -0.507 e. The summed E-state index contributed by atoms with van der Waals surface area (Å²) in [5, 5.41) is 18.7. The minimum absolute atomic E-state index is 0.0148. The van der Waals surface area contributed by atoms with Crippen LogP contribution in [0.4, 0.5) is 0 Å². The largest absolute Gasteiger partial charge is 0.507 e. The molecule has 0 aromatic heterocycles. The van der Waals surface area contributed by atoms with Crippen LogP contribution >= 0.6 is 0 Å². The van der Waals surface area contributed by atoms with Crippen LogP contribution in [0, 0.1) is 11.3 Å². The molecule has 0 spiro atoms. The number of phenolic OH excluding ortho intramolecular Hbond substituents is 1. The van der Waals surface area contributed by atoms with Gasteiger partial charge in [0.15, 0.2) is 0 Å². The Morgan fingerprint density at radius 1 is 1.07 bits per heavy atom. The van der Waals surface area contributed by atoms with E-state index in [2.05, 4.69) is 0 Å². The van der Waals surface area contributed by atoms with E-state index < -0.39 is 11.9 Å². The summed E-state index contributed by atoms with van der Waals surface area (Å²) in [4.78, 5) is 23.7. The predicted octanol–water partition coefficient (Wildman–Crippen LogP) is 2.71. The summed E-state index contributed by atoms with van der Waals surface area (Å²) in [6.07, 6.45) is 1.38. The van der Waals surface area contributed by atoms with Crippen LogP contribution in [0.3, 0.4) is 0 Å². The number of nitrogens with zero attached hydrogens (tertiary/aromatic N) is 1. The number of esters is 2. The Kier molecular flexibility index (Phi) is 6.97. The van der Waals surface area contributed by atoms with Crippen LogP contribution < -0.4 is 4.74 Å². The van der Waals surface area contributed by atoms with E-state index in [1.165, 1.54) is 25.3 Å². The molecule has 7 heteroatoms. The van der Waals surface area contributed by atoms with Gasteiger partial charge in [-0.1, -0.05) is 24.3 Å². The summed E-state index contributed by atoms with van der Waals surface area (Å²) in [6, 6.07) is 14.5. The first-order valence-corrected chi connectivity index (χ1v) is 7.93. The van der Waals surface area contributed by atoms with Gasteiger partial charge in [0.2, 0.25) is 0 Å². The molecule has 1 N–H and O–H groups in total. The number of benzene rings is 2. The number of methoxy groups -OCH3 is 1. The summed E-state index contributed by atoms with van der Waals surface area (Å²) < 4.78 is 14.9. The smallest absolute Gasteiger partial charge is 0.349 e. The molecule has 0 fully saturated rings. The van der Waals surface area contributed by atoms with Crippen LogP contribution in [0.5, 0.6) is 11.5 Å². The number of phenols is 1. The number of para-hydroxylation sites is 1. The second kappa shape index (κ2) is 9.63. The van der Waals surface area contributed by atoms with Crippen molar-refractivity contribution >= 4 is 18.0 Å². The lowest BCUT2D eigenvalue weighted by molar-refractivity contribution is -0.139. The van der Waals surface area contributed by atoms with Crippen molar-refractivity contribution in [2.75, 3.05) is 20.3 Å². The molecule has 2 rings (SSSR count). The summed E-state index contributed by atoms with van der Waals surface area (Å²) in [5.41, 5.74) is 0.461. The van der Waals surface area contributed by atoms with Gasteiger partial charge in [0.1, 0.15) is 41.9 Å². The first kappa shape index (κ1) is 19.5. The maximum absolute atomic E-state index is 12.0. The molecule has 7 nitrogen and oxygen atoms in total. The number of carbonyl (C=O) groups excluding carboxylic acids is 2. The quantitative estimate of drug-likeness (QED) is 0.347. The van der Waals surface area contributed by atoms with Gasteiger partial charge in [0.05, 0.1) is 7.11 Å². The highest BCUT2D eigenvalue weighted by Crippen LogP contribution is 2.17. The zero-order valence-corrected chi connectivity index (χ0v) is 14.5. The fourth-order valence-electron chi connectivity index (χ4n) is 2.07. The minimum atomic E-state index is -0.827. The van der Waals surface area contributed by atoms with Crippen molar-refractivity contribution in [3.8, 4) is 17.6 Å². The Morgan fingerprint density at radius 3 is 2.37 bits per heavy atom. The molecule has 0 aliphatic heterocycles. The average Bonchev–Trinajstić information content (AvgIpc) is 2.69. The van der Waals surface area contributed by atoms with Crippen LogP contribution in [-0.4, -0.2) is 37.4 Å². The number of hydrogen-bond acceptors (Lipinski definition) is 7. The molecule has 2 aromatic carbocycles. The van der Waals surface area contributed by atoms with Crippen molar-refractivity contribution in [3.05, 3.63) is 65.2 Å².